The van der Waals surface area contributed by atoms with Gasteiger partial charge >= 0.3 is 5.97 Å². The Labute approximate surface area is 106 Å². The van der Waals surface area contributed by atoms with E-state index in [2.05, 4.69) is 10.3 Å². The summed E-state index contributed by atoms with van der Waals surface area (Å²) >= 11 is 0. The minimum Gasteiger partial charge on any atom is -0.426 e. The van der Waals surface area contributed by atoms with E-state index < -0.39 is 0 Å². The molecule has 0 fully saturated rings. The van der Waals surface area contributed by atoms with Crippen molar-refractivity contribution in [2.24, 2.45) is 0 Å². The highest BCUT2D eigenvalue weighted by atomic mass is 16.5. The molecule has 4 nitrogen and oxygen atoms in total. The third-order valence-corrected chi connectivity index (χ3v) is 2.99. The number of hydrogen-bond acceptors (Lipinski definition) is 3. The van der Waals surface area contributed by atoms with Gasteiger partial charge in [0.1, 0.15) is 5.75 Å². The summed E-state index contributed by atoms with van der Waals surface area (Å²) in [7, 11) is 1.92. The molecule has 0 aliphatic heterocycles. The molecular formula is C14H18N2O2. The van der Waals surface area contributed by atoms with Gasteiger partial charge < -0.3 is 15.0 Å². The molecule has 0 radical (unpaired) electrons. The Hall–Kier alpha value is -1.81. The van der Waals surface area contributed by atoms with Crippen LogP contribution in [0.1, 0.15) is 18.1 Å². The van der Waals surface area contributed by atoms with Gasteiger partial charge in [0, 0.05) is 18.5 Å². The van der Waals surface area contributed by atoms with E-state index in [1.165, 1.54) is 12.5 Å². The van der Waals surface area contributed by atoms with Crippen LogP contribution in [0.15, 0.2) is 18.3 Å². The van der Waals surface area contributed by atoms with Crippen molar-refractivity contribution in [2.75, 3.05) is 13.6 Å². The number of fused-ring (bicyclic) bond motifs is 1. The molecule has 0 unspecified atom stereocenters. The monoisotopic (exact) mass is 246 g/mol. The topological polar surface area (TPSA) is 54.1 Å². The molecule has 0 atom stereocenters. The number of benzene rings is 1. The lowest BCUT2D eigenvalue weighted by Gasteiger charge is -2.07. The first-order valence-corrected chi connectivity index (χ1v) is 6.06. The van der Waals surface area contributed by atoms with E-state index in [-0.39, 0.29) is 5.97 Å². The number of carbonyl (C=O) groups excluding carboxylic acids is 1. The van der Waals surface area contributed by atoms with Crippen LogP contribution in [-0.4, -0.2) is 24.5 Å². The molecule has 18 heavy (non-hydrogen) atoms. The molecule has 2 rings (SSSR count). The standard InChI is InChI=1S/C14H18N2O2/c1-9-4-5-12(18-10(2)17)13-11(6-7-15-3)8-16-14(9)13/h4-5,8,15-16H,6-7H2,1-3H3. The van der Waals surface area contributed by atoms with Gasteiger partial charge in [-0.05, 0) is 44.1 Å². The average molecular weight is 246 g/mol. The van der Waals surface area contributed by atoms with Gasteiger partial charge in [-0.15, -0.1) is 0 Å². The summed E-state index contributed by atoms with van der Waals surface area (Å²) in [5.74, 6) is 0.344. The molecule has 0 bridgehead atoms. The number of ether oxygens (including phenoxy) is 1. The fourth-order valence-corrected chi connectivity index (χ4v) is 2.12. The second-order valence-electron chi connectivity index (χ2n) is 4.39. The van der Waals surface area contributed by atoms with Crippen LogP contribution in [0.5, 0.6) is 5.75 Å². The normalized spacial score (nSPS) is 10.8. The van der Waals surface area contributed by atoms with E-state index in [1.54, 1.807) is 0 Å². The van der Waals surface area contributed by atoms with Gasteiger partial charge in [-0.3, -0.25) is 4.79 Å². The van der Waals surface area contributed by atoms with E-state index in [4.69, 9.17) is 4.74 Å². The van der Waals surface area contributed by atoms with Crippen LogP contribution in [0.25, 0.3) is 10.9 Å². The van der Waals surface area contributed by atoms with Gasteiger partial charge in [0.25, 0.3) is 0 Å². The molecule has 0 aliphatic rings. The highest BCUT2D eigenvalue weighted by molar-refractivity contribution is 5.93. The van der Waals surface area contributed by atoms with Crippen molar-refractivity contribution in [3.8, 4) is 5.75 Å². The summed E-state index contributed by atoms with van der Waals surface area (Å²) in [4.78, 5) is 14.4. The molecule has 2 N–H and O–H groups in total. The van der Waals surface area contributed by atoms with Crippen molar-refractivity contribution in [1.29, 1.82) is 0 Å². The minimum atomic E-state index is -0.291. The second kappa shape index (κ2) is 5.23. The number of nitrogens with one attached hydrogen (secondary N) is 2. The number of hydrogen-bond donors (Lipinski definition) is 2. The van der Waals surface area contributed by atoms with Gasteiger partial charge in [0.15, 0.2) is 0 Å². The van der Waals surface area contributed by atoms with Gasteiger partial charge in [-0.2, -0.15) is 0 Å². The number of H-pyrrole nitrogens is 1. The lowest BCUT2D eigenvalue weighted by Crippen LogP contribution is -2.10. The fraction of sp³-hybridized carbons (Fsp3) is 0.357. The van der Waals surface area contributed by atoms with Crippen LogP contribution in [0.4, 0.5) is 0 Å². The summed E-state index contributed by atoms with van der Waals surface area (Å²) < 4.78 is 5.28. The molecule has 96 valence electrons. The summed E-state index contributed by atoms with van der Waals surface area (Å²) in [6.07, 6.45) is 2.89. The van der Waals surface area contributed by atoms with Crippen molar-refractivity contribution in [3.63, 3.8) is 0 Å². The summed E-state index contributed by atoms with van der Waals surface area (Å²) in [5, 5.41) is 4.14. The molecule has 1 aromatic carbocycles. The Morgan fingerprint density at radius 1 is 1.44 bits per heavy atom. The predicted octanol–water partition coefficient (Wildman–Crippen LogP) is 2.16. The number of aromatic amines is 1. The number of esters is 1. The van der Waals surface area contributed by atoms with E-state index in [0.29, 0.717) is 5.75 Å². The zero-order valence-corrected chi connectivity index (χ0v) is 11.0. The SMILES string of the molecule is CNCCc1c[nH]c2c(C)ccc(OC(C)=O)c12. The van der Waals surface area contributed by atoms with E-state index >= 15 is 0 Å². The summed E-state index contributed by atoms with van der Waals surface area (Å²) in [5.41, 5.74) is 3.36. The quantitative estimate of drug-likeness (QED) is 0.642. The zero-order chi connectivity index (χ0) is 13.1. The van der Waals surface area contributed by atoms with Crippen molar-refractivity contribution in [2.45, 2.75) is 20.3 Å². The van der Waals surface area contributed by atoms with Crippen molar-refractivity contribution >= 4 is 16.9 Å². The van der Waals surface area contributed by atoms with E-state index in [1.807, 2.05) is 32.3 Å². The first-order valence-electron chi connectivity index (χ1n) is 6.06. The van der Waals surface area contributed by atoms with Gasteiger partial charge in [-0.1, -0.05) is 6.07 Å². The minimum absolute atomic E-state index is 0.291. The Bertz CT molecular complexity index is 572. The maximum absolute atomic E-state index is 11.1. The Morgan fingerprint density at radius 3 is 2.89 bits per heavy atom. The third-order valence-electron chi connectivity index (χ3n) is 2.99. The Morgan fingerprint density at radius 2 is 2.22 bits per heavy atom. The number of aromatic nitrogens is 1. The number of aryl methyl sites for hydroxylation is 1. The average Bonchev–Trinajstić information content (AvgIpc) is 2.74. The van der Waals surface area contributed by atoms with Gasteiger partial charge in [0.2, 0.25) is 0 Å². The van der Waals surface area contributed by atoms with Gasteiger partial charge in [0.05, 0.1) is 5.52 Å². The molecule has 0 saturated carbocycles. The molecule has 0 saturated heterocycles. The van der Waals surface area contributed by atoms with Crippen LogP contribution >= 0.6 is 0 Å². The van der Waals surface area contributed by atoms with Crippen LogP contribution in [-0.2, 0) is 11.2 Å². The molecular weight excluding hydrogens is 228 g/mol. The molecule has 0 spiro atoms. The summed E-state index contributed by atoms with van der Waals surface area (Å²) in [6.45, 7) is 4.35. The first kappa shape index (κ1) is 12.6. The molecule has 1 aromatic heterocycles. The second-order valence-corrected chi connectivity index (χ2v) is 4.39. The molecule has 1 heterocycles. The zero-order valence-electron chi connectivity index (χ0n) is 11.0. The lowest BCUT2D eigenvalue weighted by molar-refractivity contribution is -0.131. The predicted molar refractivity (Wildman–Crippen MR) is 72.0 cm³/mol. The summed E-state index contributed by atoms with van der Waals surface area (Å²) in [6, 6.07) is 3.81. The molecule has 0 aliphatic carbocycles. The van der Waals surface area contributed by atoms with Crippen molar-refractivity contribution in [1.82, 2.24) is 10.3 Å². The van der Waals surface area contributed by atoms with Crippen molar-refractivity contribution < 1.29 is 9.53 Å². The van der Waals surface area contributed by atoms with Crippen LogP contribution in [0.3, 0.4) is 0 Å². The molecule has 2 aromatic rings. The maximum atomic E-state index is 11.1. The van der Waals surface area contributed by atoms with E-state index in [9.17, 15) is 4.79 Å². The Kier molecular flexibility index (Phi) is 3.67. The molecule has 0 amide bonds. The van der Waals surface area contributed by atoms with Gasteiger partial charge in [-0.25, -0.2) is 0 Å². The van der Waals surface area contributed by atoms with Crippen LogP contribution in [0.2, 0.25) is 0 Å². The smallest absolute Gasteiger partial charge is 0.308 e. The molecule has 4 heteroatoms. The van der Waals surface area contributed by atoms with Crippen molar-refractivity contribution in [3.05, 3.63) is 29.5 Å². The highest BCUT2D eigenvalue weighted by Crippen LogP contribution is 2.31. The number of likely N-dealkylation sites (N-methyl/N-ethyl adjacent to an activating group) is 1. The fourth-order valence-electron chi connectivity index (χ4n) is 2.12. The maximum Gasteiger partial charge on any atom is 0.308 e. The third kappa shape index (κ3) is 2.38. The van der Waals surface area contributed by atoms with Crippen LogP contribution in [0, 0.1) is 6.92 Å². The largest absolute Gasteiger partial charge is 0.426 e. The lowest BCUT2D eigenvalue weighted by atomic mass is 10.1. The van der Waals surface area contributed by atoms with Crippen LogP contribution < -0.4 is 10.1 Å². The number of carbonyl (C=O) groups is 1. The number of rotatable bonds is 4. The highest BCUT2D eigenvalue weighted by Gasteiger charge is 2.12. The Balaban J connectivity index is 2.52. The van der Waals surface area contributed by atoms with E-state index in [0.717, 1.165) is 29.4 Å². The first-order chi connectivity index (χ1) is 8.63.